The Morgan fingerprint density at radius 2 is 2.10 bits per heavy atom. The van der Waals surface area contributed by atoms with E-state index in [-0.39, 0.29) is 17.5 Å². The molecule has 0 aliphatic heterocycles. The lowest BCUT2D eigenvalue weighted by Gasteiger charge is -2.16. The molecular weight excluding hydrogens is 300 g/mol. The highest BCUT2D eigenvalue weighted by Gasteiger charge is 2.25. The molecular formula is C11H18N4O5S. The van der Waals surface area contributed by atoms with Crippen LogP contribution in [0.1, 0.15) is 13.8 Å². The van der Waals surface area contributed by atoms with Crippen LogP contribution in [0.5, 0.6) is 0 Å². The van der Waals surface area contributed by atoms with Crippen molar-refractivity contribution < 1.29 is 23.1 Å². The number of hydrogen-bond acceptors (Lipinski definition) is 5. The fraction of sp³-hybridized carbons (Fsp3) is 0.545. The Hall–Kier alpha value is -1.94. The Balaban J connectivity index is 2.82. The van der Waals surface area contributed by atoms with E-state index in [0.29, 0.717) is 0 Å². The minimum Gasteiger partial charge on any atom is -0.480 e. The molecule has 0 aliphatic carbocycles. The van der Waals surface area contributed by atoms with Crippen molar-refractivity contribution in [1.29, 1.82) is 0 Å². The highest BCUT2D eigenvalue weighted by Crippen LogP contribution is 2.12. The molecule has 0 aromatic carbocycles. The smallest absolute Gasteiger partial charge is 0.325 e. The van der Waals surface area contributed by atoms with Gasteiger partial charge >= 0.3 is 5.97 Å². The maximum absolute atomic E-state index is 12.2. The molecule has 0 unspecified atom stereocenters. The number of nitrogens with zero attached hydrogens (tertiary/aromatic N) is 3. The van der Waals surface area contributed by atoms with Gasteiger partial charge in [-0.25, -0.2) is 8.42 Å². The van der Waals surface area contributed by atoms with Crippen molar-refractivity contribution in [3.8, 4) is 0 Å². The summed E-state index contributed by atoms with van der Waals surface area (Å²) in [5, 5.41) is 14.9. The molecule has 1 aromatic heterocycles. The first-order valence-corrected chi connectivity index (χ1v) is 7.57. The summed E-state index contributed by atoms with van der Waals surface area (Å²) in [6.45, 7) is 2.77. The van der Waals surface area contributed by atoms with Gasteiger partial charge < -0.3 is 10.4 Å². The maximum Gasteiger partial charge on any atom is 0.325 e. The molecule has 0 bridgehead atoms. The Labute approximate surface area is 122 Å². The topological polar surface area (TPSA) is 122 Å². The van der Waals surface area contributed by atoms with E-state index in [4.69, 9.17) is 5.11 Å². The van der Waals surface area contributed by atoms with Gasteiger partial charge in [0.05, 0.1) is 12.7 Å². The molecule has 2 N–H and O–H groups in total. The second kappa shape index (κ2) is 6.68. The number of aromatic nitrogens is 2. The number of hydrogen-bond donors (Lipinski definition) is 2. The zero-order chi connectivity index (χ0) is 16.2. The molecule has 9 nitrogen and oxygen atoms in total. The Bertz CT molecular complexity index is 622. The summed E-state index contributed by atoms with van der Waals surface area (Å²) in [5.74, 6) is -1.55. The molecule has 1 aromatic rings. The van der Waals surface area contributed by atoms with Gasteiger partial charge in [0.2, 0.25) is 15.9 Å². The van der Waals surface area contributed by atoms with E-state index in [1.165, 1.54) is 7.05 Å². The van der Waals surface area contributed by atoms with Gasteiger partial charge in [-0.3, -0.25) is 14.3 Å². The summed E-state index contributed by atoms with van der Waals surface area (Å²) in [4.78, 5) is 21.9. The van der Waals surface area contributed by atoms with Crippen molar-refractivity contribution in [2.24, 2.45) is 0 Å². The van der Waals surface area contributed by atoms with Crippen LogP contribution >= 0.6 is 0 Å². The van der Waals surface area contributed by atoms with Gasteiger partial charge in [-0.05, 0) is 13.8 Å². The third-order valence-corrected chi connectivity index (χ3v) is 4.19. The summed E-state index contributed by atoms with van der Waals surface area (Å²) >= 11 is 0. The van der Waals surface area contributed by atoms with Crippen LogP contribution < -0.4 is 5.32 Å². The molecule has 0 spiro atoms. The molecule has 1 rings (SSSR count). The van der Waals surface area contributed by atoms with Crippen LogP contribution in [0.2, 0.25) is 0 Å². The largest absolute Gasteiger partial charge is 0.480 e. The predicted octanol–water partition coefficient (Wildman–Crippen LogP) is -0.887. The van der Waals surface area contributed by atoms with Crippen molar-refractivity contribution in [2.45, 2.75) is 31.3 Å². The van der Waals surface area contributed by atoms with Crippen molar-refractivity contribution in [3.05, 3.63) is 12.4 Å². The number of carboxylic acids is 1. The number of rotatable bonds is 7. The molecule has 21 heavy (non-hydrogen) atoms. The van der Waals surface area contributed by atoms with Gasteiger partial charge in [0.25, 0.3) is 0 Å². The lowest BCUT2D eigenvalue weighted by atomic mass is 10.4. The summed E-state index contributed by atoms with van der Waals surface area (Å²) in [7, 11) is -2.62. The fourth-order valence-electron chi connectivity index (χ4n) is 1.54. The van der Waals surface area contributed by atoms with E-state index in [2.05, 4.69) is 10.4 Å². The highest BCUT2D eigenvalue weighted by atomic mass is 32.2. The second-order valence-electron chi connectivity index (χ2n) is 4.75. The van der Waals surface area contributed by atoms with Crippen LogP contribution in [0, 0.1) is 0 Å². The zero-order valence-corrected chi connectivity index (χ0v) is 12.8. The molecule has 1 amide bonds. The Morgan fingerprint density at radius 1 is 1.48 bits per heavy atom. The van der Waals surface area contributed by atoms with E-state index in [1.807, 2.05) is 0 Å². The summed E-state index contributed by atoms with van der Waals surface area (Å²) in [6, 6.07) is -0.0908. The number of carboxylic acid groups (broad SMARTS) is 1. The minimum atomic E-state index is -3.89. The van der Waals surface area contributed by atoms with Crippen LogP contribution in [0.25, 0.3) is 0 Å². The number of nitrogens with one attached hydrogen (secondary N) is 1. The number of carbonyl (C=O) groups excluding carboxylic acids is 1. The molecule has 0 atom stereocenters. The number of aliphatic carboxylic acids is 1. The van der Waals surface area contributed by atoms with E-state index in [1.54, 1.807) is 13.8 Å². The van der Waals surface area contributed by atoms with Crippen LogP contribution in [-0.4, -0.2) is 59.1 Å². The van der Waals surface area contributed by atoms with Crippen molar-refractivity contribution in [1.82, 2.24) is 19.4 Å². The highest BCUT2D eigenvalue weighted by molar-refractivity contribution is 7.89. The third-order valence-electron chi connectivity index (χ3n) is 2.43. The van der Waals surface area contributed by atoms with E-state index < -0.39 is 28.4 Å². The second-order valence-corrected chi connectivity index (χ2v) is 6.80. The molecule has 0 saturated heterocycles. The van der Waals surface area contributed by atoms with E-state index in [0.717, 1.165) is 21.4 Å². The number of sulfonamides is 1. The summed E-state index contributed by atoms with van der Waals surface area (Å²) in [6.07, 6.45) is 2.16. The first-order valence-electron chi connectivity index (χ1n) is 6.13. The predicted molar refractivity (Wildman–Crippen MR) is 73.0 cm³/mol. The SMILES string of the molecule is CC(C)NC(=O)CN(C)S(=O)(=O)c1cnn(CC(=O)O)c1. The minimum absolute atomic E-state index is 0.0908. The number of carbonyl (C=O) groups is 2. The van der Waals surface area contributed by atoms with Crippen LogP contribution in [0.4, 0.5) is 0 Å². The quantitative estimate of drug-likeness (QED) is 0.673. The maximum atomic E-state index is 12.2. The van der Waals surface area contributed by atoms with E-state index in [9.17, 15) is 18.0 Å². The molecule has 10 heteroatoms. The zero-order valence-electron chi connectivity index (χ0n) is 12.0. The average Bonchev–Trinajstić information content (AvgIpc) is 2.75. The van der Waals surface area contributed by atoms with Gasteiger partial charge in [0, 0.05) is 19.3 Å². The molecule has 0 aliphatic rings. The Kier molecular flexibility index (Phi) is 5.44. The van der Waals surface area contributed by atoms with E-state index >= 15 is 0 Å². The van der Waals surface area contributed by atoms with Gasteiger partial charge in [-0.15, -0.1) is 0 Å². The van der Waals surface area contributed by atoms with Crippen LogP contribution in [0.15, 0.2) is 17.3 Å². The summed E-state index contributed by atoms with van der Waals surface area (Å²) < 4.78 is 26.3. The molecule has 1 heterocycles. The Morgan fingerprint density at radius 3 is 2.62 bits per heavy atom. The molecule has 0 saturated carbocycles. The number of amides is 1. The van der Waals surface area contributed by atoms with Gasteiger partial charge in [-0.1, -0.05) is 0 Å². The van der Waals surface area contributed by atoms with Crippen molar-refractivity contribution in [3.63, 3.8) is 0 Å². The van der Waals surface area contributed by atoms with Gasteiger partial charge in [0.1, 0.15) is 11.4 Å². The van der Waals surface area contributed by atoms with Gasteiger partial charge in [0.15, 0.2) is 0 Å². The van der Waals surface area contributed by atoms with Crippen molar-refractivity contribution in [2.75, 3.05) is 13.6 Å². The van der Waals surface area contributed by atoms with Crippen LogP contribution in [0.3, 0.4) is 0 Å². The lowest BCUT2D eigenvalue weighted by molar-refractivity contribution is -0.137. The molecule has 118 valence electrons. The molecule has 0 radical (unpaired) electrons. The molecule has 0 fully saturated rings. The first-order chi connectivity index (χ1) is 9.62. The fourth-order valence-corrected chi connectivity index (χ4v) is 2.62. The normalized spacial score (nSPS) is 11.9. The van der Waals surface area contributed by atoms with Crippen molar-refractivity contribution >= 4 is 21.9 Å². The van der Waals surface area contributed by atoms with Crippen LogP contribution in [-0.2, 0) is 26.2 Å². The first kappa shape index (κ1) is 17.1. The standard InChI is InChI=1S/C11H18N4O5S/c1-8(2)13-10(16)6-14(3)21(19,20)9-4-12-15(5-9)7-11(17)18/h4-5,8H,6-7H2,1-3H3,(H,13,16)(H,17,18). The lowest BCUT2D eigenvalue weighted by Crippen LogP contribution is -2.40. The monoisotopic (exact) mass is 318 g/mol. The third kappa shape index (κ3) is 4.83. The average molecular weight is 318 g/mol. The number of likely N-dealkylation sites (N-methyl/N-ethyl adjacent to an activating group) is 1. The van der Waals surface area contributed by atoms with Gasteiger partial charge in [-0.2, -0.15) is 9.40 Å². The summed E-state index contributed by atoms with van der Waals surface area (Å²) in [5.41, 5.74) is 0.